The average molecular weight is 371 g/mol. The number of nitrogens with one attached hydrogen (secondary N) is 1. The van der Waals surface area contributed by atoms with Gasteiger partial charge in [-0.3, -0.25) is 0 Å². The average Bonchev–Trinajstić information content (AvgIpc) is 2.96. The first-order chi connectivity index (χ1) is 12.5. The Morgan fingerprint density at radius 3 is 2.69 bits per heavy atom. The van der Waals surface area contributed by atoms with Gasteiger partial charge in [0, 0.05) is 13.0 Å². The third-order valence-corrected chi connectivity index (χ3v) is 5.26. The van der Waals surface area contributed by atoms with Crippen molar-refractivity contribution in [1.29, 1.82) is 0 Å². The Kier molecular flexibility index (Phi) is 5.49. The summed E-state index contributed by atoms with van der Waals surface area (Å²) in [5.74, 6) is 0.858. The molecule has 0 amide bonds. The summed E-state index contributed by atoms with van der Waals surface area (Å²) in [6.07, 6.45) is -0.00129. The molecule has 0 aliphatic carbocycles. The van der Waals surface area contributed by atoms with Crippen LogP contribution in [0.1, 0.15) is 26.6 Å². The highest BCUT2D eigenvalue weighted by atomic mass is 32.1. The smallest absolute Gasteiger partial charge is 0.348 e. The Labute approximate surface area is 155 Å². The van der Waals surface area contributed by atoms with Crippen LogP contribution in [0.5, 0.6) is 0 Å². The molecule has 0 radical (unpaired) electrons. The minimum Gasteiger partial charge on any atom is -0.465 e. The molecule has 0 fully saturated rings. The van der Waals surface area contributed by atoms with Gasteiger partial charge in [-0.2, -0.15) is 0 Å². The van der Waals surface area contributed by atoms with Crippen molar-refractivity contribution in [2.24, 2.45) is 0 Å². The van der Waals surface area contributed by atoms with Crippen molar-refractivity contribution in [3.05, 3.63) is 52.2 Å². The van der Waals surface area contributed by atoms with Gasteiger partial charge in [-0.1, -0.05) is 30.3 Å². The highest BCUT2D eigenvalue weighted by Gasteiger charge is 2.20. The lowest BCUT2D eigenvalue weighted by Crippen LogP contribution is -2.22. The first-order valence-electron chi connectivity index (χ1n) is 8.31. The fourth-order valence-corrected chi connectivity index (χ4v) is 3.98. The molecule has 2 heterocycles. The van der Waals surface area contributed by atoms with Crippen LogP contribution in [0.15, 0.2) is 30.3 Å². The second-order valence-corrected chi connectivity index (χ2v) is 7.07. The molecule has 2 aromatic heterocycles. The third-order valence-electron chi connectivity index (χ3n) is 4.09. The standard InChI is InChI=1S/C19H21N3O3S/c1-11-15-17(20-10-14(23)9-13-7-5-4-6-8-13)21-12(2)22-18(15)26-16(11)19(24)25-3/h4-8,14,23H,9-10H2,1-3H3,(H,20,21,22). The highest BCUT2D eigenvalue weighted by Crippen LogP contribution is 2.34. The van der Waals surface area contributed by atoms with Crippen LogP contribution in [-0.2, 0) is 11.2 Å². The number of aromatic nitrogens is 2. The molecule has 3 aromatic rings. The number of thiophene rings is 1. The SMILES string of the molecule is COC(=O)c1sc2nc(C)nc(NCC(O)Cc3ccccc3)c2c1C. The van der Waals surface area contributed by atoms with Gasteiger partial charge >= 0.3 is 5.97 Å². The Bertz CT molecular complexity index is 925. The number of fused-ring (bicyclic) bond motifs is 1. The summed E-state index contributed by atoms with van der Waals surface area (Å²) < 4.78 is 4.84. The van der Waals surface area contributed by atoms with E-state index in [0.717, 1.165) is 21.3 Å². The molecule has 0 aliphatic rings. The van der Waals surface area contributed by atoms with Gasteiger partial charge in [-0.25, -0.2) is 14.8 Å². The lowest BCUT2D eigenvalue weighted by atomic mass is 10.1. The minimum absolute atomic E-state index is 0.350. The maximum absolute atomic E-state index is 11.9. The van der Waals surface area contributed by atoms with Crippen molar-refractivity contribution in [1.82, 2.24) is 9.97 Å². The molecule has 1 aromatic carbocycles. The van der Waals surface area contributed by atoms with E-state index in [2.05, 4.69) is 15.3 Å². The van der Waals surface area contributed by atoms with Crippen molar-refractivity contribution >= 4 is 33.3 Å². The van der Waals surface area contributed by atoms with E-state index < -0.39 is 6.10 Å². The number of aliphatic hydroxyl groups is 1. The lowest BCUT2D eigenvalue weighted by molar-refractivity contribution is 0.0605. The number of esters is 1. The summed E-state index contributed by atoms with van der Waals surface area (Å²) in [7, 11) is 1.36. The summed E-state index contributed by atoms with van der Waals surface area (Å²) in [5.41, 5.74) is 1.86. The number of carbonyl (C=O) groups is 1. The van der Waals surface area contributed by atoms with E-state index >= 15 is 0 Å². The predicted octanol–water partition coefficient (Wildman–Crippen LogP) is 3.11. The summed E-state index contributed by atoms with van der Waals surface area (Å²) in [6, 6.07) is 9.84. The quantitative estimate of drug-likeness (QED) is 0.648. The maximum atomic E-state index is 11.9. The zero-order valence-electron chi connectivity index (χ0n) is 14.9. The van der Waals surface area contributed by atoms with Gasteiger partial charge in [0.05, 0.1) is 18.6 Å². The maximum Gasteiger partial charge on any atom is 0.348 e. The van der Waals surface area contributed by atoms with Crippen LogP contribution < -0.4 is 5.32 Å². The highest BCUT2D eigenvalue weighted by molar-refractivity contribution is 7.20. The van der Waals surface area contributed by atoms with Gasteiger partial charge in [0.1, 0.15) is 21.3 Å². The normalized spacial score (nSPS) is 12.2. The molecule has 0 spiro atoms. The van der Waals surface area contributed by atoms with E-state index in [1.807, 2.05) is 37.3 Å². The molecule has 0 saturated carbocycles. The third kappa shape index (κ3) is 3.84. The molecular weight excluding hydrogens is 350 g/mol. The molecule has 0 bridgehead atoms. The van der Waals surface area contributed by atoms with Crippen molar-refractivity contribution in [3.8, 4) is 0 Å². The Hall–Kier alpha value is -2.51. The monoisotopic (exact) mass is 371 g/mol. The number of nitrogens with zero attached hydrogens (tertiary/aromatic N) is 2. The van der Waals surface area contributed by atoms with E-state index in [1.54, 1.807) is 6.92 Å². The van der Waals surface area contributed by atoms with Crippen LogP contribution in [0, 0.1) is 13.8 Å². The molecule has 6 nitrogen and oxygen atoms in total. The van der Waals surface area contributed by atoms with Crippen molar-refractivity contribution in [2.75, 3.05) is 19.0 Å². The molecular formula is C19H21N3O3S. The largest absolute Gasteiger partial charge is 0.465 e. The molecule has 7 heteroatoms. The second-order valence-electron chi connectivity index (χ2n) is 6.07. The molecule has 0 saturated heterocycles. The van der Waals surface area contributed by atoms with Crippen molar-refractivity contribution < 1.29 is 14.6 Å². The zero-order chi connectivity index (χ0) is 18.7. The van der Waals surface area contributed by atoms with Crippen LogP contribution >= 0.6 is 11.3 Å². The fraction of sp³-hybridized carbons (Fsp3) is 0.316. The van der Waals surface area contributed by atoms with Crippen LogP contribution in [-0.4, -0.2) is 40.8 Å². The number of rotatable bonds is 6. The fourth-order valence-electron chi connectivity index (χ4n) is 2.83. The van der Waals surface area contributed by atoms with Crippen LogP contribution in [0.25, 0.3) is 10.2 Å². The van der Waals surface area contributed by atoms with Crippen LogP contribution in [0.4, 0.5) is 5.82 Å². The number of ether oxygens (including phenoxy) is 1. The molecule has 1 atom stereocenters. The zero-order valence-corrected chi connectivity index (χ0v) is 15.8. The van der Waals surface area contributed by atoms with Gasteiger partial charge in [0.15, 0.2) is 0 Å². The van der Waals surface area contributed by atoms with E-state index in [4.69, 9.17) is 4.74 Å². The molecule has 26 heavy (non-hydrogen) atoms. The number of aryl methyl sites for hydroxylation is 2. The Balaban J connectivity index is 1.83. The molecule has 3 rings (SSSR count). The first-order valence-corrected chi connectivity index (χ1v) is 9.13. The second kappa shape index (κ2) is 7.80. The number of aliphatic hydroxyl groups excluding tert-OH is 1. The number of carbonyl (C=O) groups excluding carboxylic acids is 1. The number of hydrogen-bond donors (Lipinski definition) is 2. The van der Waals surface area contributed by atoms with Crippen molar-refractivity contribution in [2.45, 2.75) is 26.4 Å². The number of anilines is 1. The van der Waals surface area contributed by atoms with Gasteiger partial charge in [-0.15, -0.1) is 11.3 Å². The number of methoxy groups -OCH3 is 1. The number of hydrogen-bond acceptors (Lipinski definition) is 7. The Morgan fingerprint density at radius 1 is 1.27 bits per heavy atom. The predicted molar refractivity (Wildman–Crippen MR) is 103 cm³/mol. The van der Waals surface area contributed by atoms with Crippen molar-refractivity contribution in [3.63, 3.8) is 0 Å². The van der Waals surface area contributed by atoms with Crippen LogP contribution in [0.3, 0.4) is 0 Å². The van der Waals surface area contributed by atoms with E-state index in [9.17, 15) is 9.90 Å². The molecule has 136 valence electrons. The van der Waals surface area contributed by atoms with Gasteiger partial charge in [0.25, 0.3) is 0 Å². The number of benzene rings is 1. The van der Waals surface area contributed by atoms with Crippen LogP contribution in [0.2, 0.25) is 0 Å². The summed E-state index contributed by atoms with van der Waals surface area (Å²) >= 11 is 1.29. The lowest BCUT2D eigenvalue weighted by Gasteiger charge is -2.13. The topological polar surface area (TPSA) is 84.3 Å². The summed E-state index contributed by atoms with van der Waals surface area (Å²) in [4.78, 5) is 22.1. The minimum atomic E-state index is -0.554. The molecule has 2 N–H and O–H groups in total. The van der Waals surface area contributed by atoms with E-state index in [1.165, 1.54) is 18.4 Å². The molecule has 0 aliphatic heterocycles. The van der Waals surface area contributed by atoms with Gasteiger partial charge in [-0.05, 0) is 25.0 Å². The summed E-state index contributed by atoms with van der Waals surface area (Å²) in [5, 5.41) is 14.3. The van der Waals surface area contributed by atoms with E-state index in [0.29, 0.717) is 29.5 Å². The van der Waals surface area contributed by atoms with Gasteiger partial charge < -0.3 is 15.2 Å². The van der Waals surface area contributed by atoms with E-state index in [-0.39, 0.29) is 5.97 Å². The molecule has 1 unspecified atom stereocenters. The van der Waals surface area contributed by atoms with Gasteiger partial charge in [0.2, 0.25) is 0 Å². The Morgan fingerprint density at radius 2 is 2.00 bits per heavy atom. The summed E-state index contributed by atoms with van der Waals surface area (Å²) in [6.45, 7) is 4.01. The first kappa shape index (κ1) is 18.3.